The molecule has 2 nitrogen and oxygen atoms in total. The molecule has 1 rings (SSSR count). The quantitative estimate of drug-likeness (QED) is 0.490. The Hall–Kier alpha value is -1.05. The number of esters is 1. The van der Waals surface area contributed by atoms with Crippen LogP contribution in [0, 0.1) is 5.92 Å². The highest BCUT2D eigenvalue weighted by Crippen LogP contribution is 2.22. The van der Waals surface area contributed by atoms with Gasteiger partial charge >= 0.3 is 5.97 Å². The molecule has 0 spiro atoms. The van der Waals surface area contributed by atoms with Gasteiger partial charge in [0.15, 0.2) is 0 Å². The second kappa shape index (κ2) is 4.85. The van der Waals surface area contributed by atoms with Crippen LogP contribution in [0.15, 0.2) is 24.8 Å². The minimum Gasteiger partial charge on any atom is -0.458 e. The van der Waals surface area contributed by atoms with E-state index in [1.807, 2.05) is 6.08 Å². The van der Waals surface area contributed by atoms with E-state index in [1.165, 1.54) is 0 Å². The third-order valence-electron chi connectivity index (χ3n) is 2.15. The molecule has 0 N–H and O–H groups in total. The first kappa shape index (κ1) is 10.0. The molecule has 1 saturated heterocycles. The first-order valence-corrected chi connectivity index (χ1v) is 4.77. The van der Waals surface area contributed by atoms with Gasteiger partial charge in [-0.25, -0.2) is 0 Å². The molecule has 1 heterocycles. The number of hydrogen-bond donors (Lipinski definition) is 0. The van der Waals surface area contributed by atoms with Crippen LogP contribution in [0.2, 0.25) is 0 Å². The highest BCUT2D eigenvalue weighted by molar-refractivity contribution is 5.76. The average Bonchev–Trinajstić information content (AvgIpc) is 2.47. The lowest BCUT2D eigenvalue weighted by molar-refractivity contribution is -0.141. The summed E-state index contributed by atoms with van der Waals surface area (Å²) in [6.45, 7) is 5.72. The first-order valence-electron chi connectivity index (χ1n) is 4.77. The van der Waals surface area contributed by atoms with Crippen LogP contribution in [0.3, 0.4) is 0 Å². The smallest absolute Gasteiger partial charge is 0.313 e. The predicted molar refractivity (Wildman–Crippen MR) is 52.2 cm³/mol. The van der Waals surface area contributed by atoms with Gasteiger partial charge in [0.05, 0.1) is 5.92 Å². The Balaban J connectivity index is 2.39. The molecule has 0 aromatic carbocycles. The lowest BCUT2D eigenvalue weighted by Crippen LogP contribution is -2.03. The number of cyclic esters (lactones) is 1. The Kier molecular flexibility index (Phi) is 3.74. The van der Waals surface area contributed by atoms with Crippen molar-refractivity contribution in [1.82, 2.24) is 0 Å². The van der Waals surface area contributed by atoms with E-state index in [1.54, 1.807) is 6.08 Å². The number of hydrogen-bond acceptors (Lipinski definition) is 2. The molecule has 0 aromatic heterocycles. The minimum atomic E-state index is -0.138. The number of ether oxygens (including phenoxy) is 1. The molecule has 1 aliphatic rings. The van der Waals surface area contributed by atoms with E-state index >= 15 is 0 Å². The summed E-state index contributed by atoms with van der Waals surface area (Å²) in [5.41, 5.74) is 0. The molecule has 1 aliphatic heterocycles. The number of unbranched alkanes of at least 4 members (excludes halogenated alkanes) is 1. The lowest BCUT2D eigenvalue weighted by atomic mass is 10.1. The van der Waals surface area contributed by atoms with Crippen molar-refractivity contribution in [3.8, 4) is 0 Å². The summed E-state index contributed by atoms with van der Waals surface area (Å²) in [5, 5.41) is 0. The van der Waals surface area contributed by atoms with Gasteiger partial charge in [-0.05, 0) is 12.5 Å². The Labute approximate surface area is 79.3 Å². The molecule has 0 bridgehead atoms. The molecular weight excluding hydrogens is 164 g/mol. The lowest BCUT2D eigenvalue weighted by Gasteiger charge is -2.00. The van der Waals surface area contributed by atoms with Crippen molar-refractivity contribution in [3.05, 3.63) is 24.8 Å². The van der Waals surface area contributed by atoms with Crippen LogP contribution in [-0.4, -0.2) is 12.1 Å². The molecule has 0 aromatic rings. The standard InChI is InChI=1S/C11H16O2/c1-3-5-6-7-10-8-9(4-2)11(12)13-10/h4,6-7,9-10H,2-3,5,8H2,1H3. The summed E-state index contributed by atoms with van der Waals surface area (Å²) in [7, 11) is 0. The largest absolute Gasteiger partial charge is 0.458 e. The summed E-state index contributed by atoms with van der Waals surface area (Å²) in [6.07, 6.45) is 8.61. The molecular formula is C11H16O2. The second-order valence-electron chi connectivity index (χ2n) is 3.27. The van der Waals surface area contributed by atoms with Crippen LogP contribution in [0.1, 0.15) is 26.2 Å². The van der Waals surface area contributed by atoms with Gasteiger partial charge in [-0.3, -0.25) is 4.79 Å². The third kappa shape index (κ3) is 2.72. The van der Waals surface area contributed by atoms with E-state index in [0.717, 1.165) is 19.3 Å². The predicted octanol–water partition coefficient (Wildman–Crippen LogP) is 2.46. The van der Waals surface area contributed by atoms with Crippen molar-refractivity contribution in [1.29, 1.82) is 0 Å². The van der Waals surface area contributed by atoms with E-state index in [-0.39, 0.29) is 18.0 Å². The highest BCUT2D eigenvalue weighted by atomic mass is 16.5. The minimum absolute atomic E-state index is 0.0259. The summed E-state index contributed by atoms with van der Waals surface area (Å²) in [6, 6.07) is 0. The Morgan fingerprint density at radius 1 is 1.69 bits per heavy atom. The number of carbonyl (C=O) groups excluding carboxylic acids is 1. The molecule has 13 heavy (non-hydrogen) atoms. The van der Waals surface area contributed by atoms with Crippen molar-refractivity contribution in [2.75, 3.05) is 0 Å². The molecule has 0 saturated carbocycles. The molecule has 0 aliphatic carbocycles. The first-order chi connectivity index (χ1) is 6.27. The van der Waals surface area contributed by atoms with Crippen LogP contribution in [-0.2, 0) is 9.53 Å². The third-order valence-corrected chi connectivity index (χ3v) is 2.15. The topological polar surface area (TPSA) is 26.3 Å². The van der Waals surface area contributed by atoms with Gasteiger partial charge in [-0.1, -0.05) is 25.5 Å². The molecule has 0 radical (unpaired) electrons. The summed E-state index contributed by atoms with van der Waals surface area (Å²) in [4.78, 5) is 11.1. The van der Waals surface area contributed by atoms with Crippen molar-refractivity contribution in [2.24, 2.45) is 5.92 Å². The van der Waals surface area contributed by atoms with Crippen molar-refractivity contribution in [3.63, 3.8) is 0 Å². The monoisotopic (exact) mass is 180 g/mol. The zero-order chi connectivity index (χ0) is 9.68. The molecule has 2 heteroatoms. The SMILES string of the molecule is C=CC1CC(C=CCCC)OC1=O. The van der Waals surface area contributed by atoms with Gasteiger partial charge in [-0.2, -0.15) is 0 Å². The summed E-state index contributed by atoms with van der Waals surface area (Å²) >= 11 is 0. The highest BCUT2D eigenvalue weighted by Gasteiger charge is 2.30. The summed E-state index contributed by atoms with van der Waals surface area (Å²) < 4.78 is 5.11. The fourth-order valence-corrected chi connectivity index (χ4v) is 1.36. The van der Waals surface area contributed by atoms with E-state index in [9.17, 15) is 4.79 Å². The normalized spacial score (nSPS) is 27.9. The van der Waals surface area contributed by atoms with Gasteiger partial charge in [0.2, 0.25) is 0 Å². The van der Waals surface area contributed by atoms with E-state index in [0.29, 0.717) is 0 Å². The van der Waals surface area contributed by atoms with Crippen LogP contribution in [0.25, 0.3) is 0 Å². The number of carbonyl (C=O) groups is 1. The van der Waals surface area contributed by atoms with Crippen LogP contribution < -0.4 is 0 Å². The zero-order valence-electron chi connectivity index (χ0n) is 8.03. The summed E-state index contributed by atoms with van der Waals surface area (Å²) in [5.74, 6) is -0.238. The molecule has 72 valence electrons. The maximum absolute atomic E-state index is 11.1. The van der Waals surface area contributed by atoms with Gasteiger partial charge in [0.1, 0.15) is 6.10 Å². The maximum atomic E-state index is 11.1. The fourth-order valence-electron chi connectivity index (χ4n) is 1.36. The Morgan fingerprint density at radius 3 is 3.00 bits per heavy atom. The van der Waals surface area contributed by atoms with Crippen molar-refractivity contribution in [2.45, 2.75) is 32.3 Å². The molecule has 1 fully saturated rings. The zero-order valence-corrected chi connectivity index (χ0v) is 8.03. The maximum Gasteiger partial charge on any atom is 0.313 e. The van der Waals surface area contributed by atoms with Gasteiger partial charge < -0.3 is 4.74 Å². The van der Waals surface area contributed by atoms with Gasteiger partial charge in [-0.15, -0.1) is 6.58 Å². The molecule has 2 unspecified atom stereocenters. The van der Waals surface area contributed by atoms with E-state index < -0.39 is 0 Å². The van der Waals surface area contributed by atoms with Gasteiger partial charge in [0, 0.05) is 6.42 Å². The van der Waals surface area contributed by atoms with E-state index in [4.69, 9.17) is 4.74 Å². The molecule has 2 atom stereocenters. The fraction of sp³-hybridized carbons (Fsp3) is 0.545. The second-order valence-corrected chi connectivity index (χ2v) is 3.27. The van der Waals surface area contributed by atoms with Crippen LogP contribution >= 0.6 is 0 Å². The number of rotatable bonds is 4. The molecule has 0 amide bonds. The van der Waals surface area contributed by atoms with Crippen LogP contribution in [0.4, 0.5) is 0 Å². The van der Waals surface area contributed by atoms with Crippen LogP contribution in [0.5, 0.6) is 0 Å². The van der Waals surface area contributed by atoms with Crippen molar-refractivity contribution < 1.29 is 9.53 Å². The van der Waals surface area contributed by atoms with E-state index in [2.05, 4.69) is 19.6 Å². The Morgan fingerprint density at radius 2 is 2.46 bits per heavy atom. The van der Waals surface area contributed by atoms with Gasteiger partial charge in [0.25, 0.3) is 0 Å². The average molecular weight is 180 g/mol. The Bertz CT molecular complexity index is 218. The van der Waals surface area contributed by atoms with Crippen molar-refractivity contribution >= 4 is 5.97 Å². The number of allylic oxidation sites excluding steroid dienone is 1.